The number of unbranched alkanes of at least 4 members (excludes halogenated alkanes) is 1. The van der Waals surface area contributed by atoms with Crippen LogP contribution in [0.4, 0.5) is 0 Å². The molecule has 1 heterocycles. The molecule has 0 saturated carbocycles. The number of carboxylic acids is 1. The Morgan fingerprint density at radius 1 is 0.950 bits per heavy atom. The number of H-pyrrole nitrogens is 1. The van der Waals surface area contributed by atoms with Crippen LogP contribution in [0.25, 0.3) is 0 Å². The summed E-state index contributed by atoms with van der Waals surface area (Å²) in [6, 6.07) is -3.95. The van der Waals surface area contributed by atoms with E-state index in [1.165, 1.54) is 18.0 Å². The molecule has 0 fully saturated rings. The minimum Gasteiger partial charge on any atom is -0.481 e. The van der Waals surface area contributed by atoms with E-state index in [2.05, 4.69) is 25.9 Å². The number of amides is 5. The first kappa shape index (κ1) is 34.0. The fraction of sp³-hybridized carbons (Fsp3) is 0.625. The Balaban J connectivity index is 3.14. The van der Waals surface area contributed by atoms with Crippen LogP contribution in [0.5, 0.6) is 0 Å². The molecule has 0 spiro atoms. The van der Waals surface area contributed by atoms with Crippen LogP contribution in [-0.4, -0.2) is 80.5 Å². The number of nitrogens with two attached hydrogens (primary N) is 2. The van der Waals surface area contributed by atoms with E-state index in [1.807, 2.05) is 0 Å². The van der Waals surface area contributed by atoms with E-state index in [4.69, 9.17) is 16.7 Å². The lowest BCUT2D eigenvalue weighted by atomic mass is 9.92. The molecule has 0 aliphatic rings. The second-order valence-corrected chi connectivity index (χ2v) is 9.81. The standard InChI is InChI=1S/C24H40N8O8/c1-13(2)7-14(8-19(33)32-40)22(37)30-18(10-20(34)35)24(39)31-17(9-15-11-27-12-28-15)23(38)29-16(21(26)36)5-3-4-6-25/h11-14,16-18,40H,3-10,25H2,1-2H3,(H2,26,36)(H,27,28)(H,29,38)(H,30,37)(H,31,39)(H,32,33)(H,34,35)/t14-,16+,17+,18+/m1/s1. The second kappa shape index (κ2) is 17.5. The molecule has 11 N–H and O–H groups in total. The summed E-state index contributed by atoms with van der Waals surface area (Å²) in [5, 5.41) is 25.5. The maximum Gasteiger partial charge on any atom is 0.305 e. The van der Waals surface area contributed by atoms with Crippen LogP contribution in [-0.2, 0) is 35.2 Å². The molecule has 1 aromatic heterocycles. The number of nitrogens with one attached hydrogen (secondary N) is 5. The molecule has 1 aromatic rings. The van der Waals surface area contributed by atoms with Gasteiger partial charge < -0.3 is 37.5 Å². The minimum atomic E-state index is -1.61. The molecule has 0 radical (unpaired) electrons. The number of hydroxylamine groups is 1. The number of hydrogen-bond acceptors (Lipinski definition) is 9. The normalized spacial score (nSPS) is 13.9. The van der Waals surface area contributed by atoms with Gasteiger partial charge in [-0.25, -0.2) is 10.5 Å². The number of aromatic nitrogens is 2. The van der Waals surface area contributed by atoms with E-state index in [9.17, 15) is 33.9 Å². The maximum atomic E-state index is 13.2. The monoisotopic (exact) mass is 568 g/mol. The lowest BCUT2D eigenvalue weighted by Crippen LogP contribution is -2.57. The number of imidazole rings is 1. The Morgan fingerprint density at radius 3 is 2.10 bits per heavy atom. The molecule has 0 saturated heterocycles. The number of aromatic amines is 1. The molecule has 0 bridgehead atoms. The minimum absolute atomic E-state index is 0.0421. The molecular weight excluding hydrogens is 528 g/mol. The van der Waals surface area contributed by atoms with Gasteiger partial charge >= 0.3 is 5.97 Å². The summed E-state index contributed by atoms with van der Waals surface area (Å²) < 4.78 is 0. The van der Waals surface area contributed by atoms with E-state index < -0.39 is 72.4 Å². The number of carbonyl (C=O) groups is 6. The Bertz CT molecular complexity index is 1000. The van der Waals surface area contributed by atoms with E-state index in [0.29, 0.717) is 25.1 Å². The van der Waals surface area contributed by atoms with Crippen molar-refractivity contribution >= 4 is 35.5 Å². The Labute approximate surface area is 231 Å². The number of carbonyl (C=O) groups excluding carboxylic acids is 5. The summed E-state index contributed by atoms with van der Waals surface area (Å²) in [4.78, 5) is 81.0. The van der Waals surface area contributed by atoms with Gasteiger partial charge in [-0.15, -0.1) is 0 Å². The number of primary amides is 1. The predicted octanol–water partition coefficient (Wildman–Crippen LogP) is -1.95. The van der Waals surface area contributed by atoms with Gasteiger partial charge in [-0.1, -0.05) is 13.8 Å². The van der Waals surface area contributed by atoms with E-state index >= 15 is 0 Å². The van der Waals surface area contributed by atoms with Crippen molar-refractivity contribution in [3.05, 3.63) is 18.2 Å². The van der Waals surface area contributed by atoms with Crippen LogP contribution >= 0.6 is 0 Å². The molecule has 0 unspecified atom stereocenters. The molecule has 16 nitrogen and oxygen atoms in total. The number of nitrogens with zero attached hydrogens (tertiary/aromatic N) is 1. The maximum absolute atomic E-state index is 13.2. The highest BCUT2D eigenvalue weighted by Gasteiger charge is 2.32. The molecule has 224 valence electrons. The molecule has 0 aliphatic heterocycles. The number of aliphatic carboxylic acids is 1. The smallest absolute Gasteiger partial charge is 0.305 e. The van der Waals surface area contributed by atoms with Gasteiger partial charge in [0, 0.05) is 30.7 Å². The van der Waals surface area contributed by atoms with Gasteiger partial charge in [0.05, 0.1) is 12.7 Å². The van der Waals surface area contributed by atoms with Crippen molar-refractivity contribution in [2.24, 2.45) is 23.3 Å². The summed E-state index contributed by atoms with van der Waals surface area (Å²) in [5.41, 5.74) is 12.8. The summed E-state index contributed by atoms with van der Waals surface area (Å²) in [6.07, 6.45) is 3.00. The van der Waals surface area contributed by atoms with Crippen molar-refractivity contribution in [2.45, 2.75) is 76.9 Å². The first-order chi connectivity index (χ1) is 18.9. The average Bonchev–Trinajstić information content (AvgIpc) is 3.39. The highest BCUT2D eigenvalue weighted by molar-refractivity contribution is 5.96. The predicted molar refractivity (Wildman–Crippen MR) is 140 cm³/mol. The highest BCUT2D eigenvalue weighted by atomic mass is 16.5. The van der Waals surface area contributed by atoms with Gasteiger partial charge in [-0.3, -0.25) is 34.0 Å². The molecule has 4 atom stereocenters. The zero-order chi connectivity index (χ0) is 30.2. The lowest BCUT2D eigenvalue weighted by Gasteiger charge is -2.25. The molecule has 5 amide bonds. The summed E-state index contributed by atoms with van der Waals surface area (Å²) in [6.45, 7) is 3.98. The van der Waals surface area contributed by atoms with Crippen LogP contribution in [0.1, 0.15) is 58.1 Å². The van der Waals surface area contributed by atoms with Gasteiger partial charge in [-0.2, -0.15) is 0 Å². The Morgan fingerprint density at radius 2 is 1.57 bits per heavy atom. The summed E-state index contributed by atoms with van der Waals surface area (Å²) in [7, 11) is 0. The van der Waals surface area contributed by atoms with Crippen molar-refractivity contribution < 1.29 is 39.1 Å². The summed E-state index contributed by atoms with van der Waals surface area (Å²) >= 11 is 0. The van der Waals surface area contributed by atoms with Crippen molar-refractivity contribution in [1.82, 2.24) is 31.4 Å². The van der Waals surface area contributed by atoms with Crippen LogP contribution in [0, 0.1) is 11.8 Å². The molecule has 0 aliphatic carbocycles. The molecule has 16 heteroatoms. The average molecular weight is 569 g/mol. The molecule has 0 aromatic carbocycles. The first-order valence-corrected chi connectivity index (χ1v) is 12.9. The van der Waals surface area contributed by atoms with Crippen LogP contribution < -0.4 is 32.9 Å². The van der Waals surface area contributed by atoms with Crippen LogP contribution in [0.2, 0.25) is 0 Å². The van der Waals surface area contributed by atoms with Crippen LogP contribution in [0.15, 0.2) is 12.5 Å². The topological polar surface area (TPSA) is 272 Å². The van der Waals surface area contributed by atoms with Gasteiger partial charge in [0.15, 0.2) is 0 Å². The molecule has 1 rings (SSSR count). The SMILES string of the molecule is CC(C)C[C@H](CC(=O)NO)C(=O)N[C@@H](CC(=O)O)C(=O)N[C@@H](Cc1cnc[nH]1)C(=O)N[C@@H](CCCCN)C(N)=O. The zero-order valence-corrected chi connectivity index (χ0v) is 22.6. The number of carboxylic acid groups (broad SMARTS) is 1. The van der Waals surface area contributed by atoms with Gasteiger partial charge in [0.25, 0.3) is 0 Å². The summed E-state index contributed by atoms with van der Waals surface area (Å²) in [5.74, 6) is -6.55. The van der Waals surface area contributed by atoms with Gasteiger partial charge in [-0.05, 0) is 38.1 Å². The van der Waals surface area contributed by atoms with Crippen molar-refractivity contribution in [1.29, 1.82) is 0 Å². The quantitative estimate of drug-likeness (QED) is 0.0505. The van der Waals surface area contributed by atoms with E-state index in [1.54, 1.807) is 13.8 Å². The fourth-order valence-corrected chi connectivity index (χ4v) is 3.94. The highest BCUT2D eigenvalue weighted by Crippen LogP contribution is 2.16. The molecular formula is C24H40N8O8. The first-order valence-electron chi connectivity index (χ1n) is 12.9. The van der Waals surface area contributed by atoms with Crippen LogP contribution in [0.3, 0.4) is 0 Å². The number of rotatable bonds is 19. The van der Waals surface area contributed by atoms with Gasteiger partial charge in [0.1, 0.15) is 18.1 Å². The zero-order valence-electron chi connectivity index (χ0n) is 22.6. The van der Waals surface area contributed by atoms with Crippen molar-refractivity contribution in [3.8, 4) is 0 Å². The van der Waals surface area contributed by atoms with Crippen molar-refractivity contribution in [2.75, 3.05) is 6.54 Å². The molecule has 40 heavy (non-hydrogen) atoms. The van der Waals surface area contributed by atoms with Crippen molar-refractivity contribution in [3.63, 3.8) is 0 Å². The third-order valence-corrected chi connectivity index (χ3v) is 5.91. The van der Waals surface area contributed by atoms with E-state index in [-0.39, 0.29) is 25.2 Å². The number of hydrogen-bond donors (Lipinski definition) is 9. The lowest BCUT2D eigenvalue weighted by molar-refractivity contribution is -0.142. The fourth-order valence-electron chi connectivity index (χ4n) is 3.94. The largest absolute Gasteiger partial charge is 0.481 e. The Kier molecular flexibility index (Phi) is 14.9. The van der Waals surface area contributed by atoms with Gasteiger partial charge in [0.2, 0.25) is 29.5 Å². The Hall–Kier alpha value is -4.05. The third kappa shape index (κ3) is 12.7. The second-order valence-electron chi connectivity index (χ2n) is 9.81. The third-order valence-electron chi connectivity index (χ3n) is 5.91. The van der Waals surface area contributed by atoms with E-state index in [0.717, 1.165) is 0 Å².